The van der Waals surface area contributed by atoms with Crippen LogP contribution in [0.4, 0.5) is 0 Å². The maximum Gasteiger partial charge on any atom is 0.101 e. The van der Waals surface area contributed by atoms with Crippen molar-refractivity contribution in [1.82, 2.24) is 9.13 Å². The van der Waals surface area contributed by atoms with Crippen LogP contribution in [-0.2, 0) is 0 Å². The van der Waals surface area contributed by atoms with Gasteiger partial charge in [-0.05, 0) is 59.2 Å². The standard InChI is InChI=1S/C44H26N4/c45-27-30-25-24-29(26-43(30)48-42-23-10-6-18-37(42)38-19-11-12-31(28-46)44(38)48)32-13-1-2-14-33(32)34-15-3-7-20-39(34)47-40-21-8-4-16-35(40)36-17-5-9-22-41(36)47/h1-26H. The monoisotopic (exact) mass is 610 g/mol. The van der Waals surface area contributed by atoms with Crippen LogP contribution in [0.3, 0.4) is 0 Å². The fourth-order valence-corrected chi connectivity index (χ4v) is 7.39. The molecule has 0 amide bonds. The van der Waals surface area contributed by atoms with E-state index in [1.54, 1.807) is 0 Å². The topological polar surface area (TPSA) is 57.4 Å². The van der Waals surface area contributed by atoms with Gasteiger partial charge in [-0.25, -0.2) is 0 Å². The summed E-state index contributed by atoms with van der Waals surface area (Å²) in [7, 11) is 0. The van der Waals surface area contributed by atoms with Crippen LogP contribution in [0.15, 0.2) is 158 Å². The zero-order chi connectivity index (χ0) is 32.2. The summed E-state index contributed by atoms with van der Waals surface area (Å²) in [6.07, 6.45) is 0. The molecule has 0 unspecified atom stereocenters. The Morgan fingerprint density at radius 3 is 1.56 bits per heavy atom. The molecule has 48 heavy (non-hydrogen) atoms. The van der Waals surface area contributed by atoms with E-state index in [1.165, 1.54) is 10.8 Å². The van der Waals surface area contributed by atoms with Crippen LogP contribution in [0.2, 0.25) is 0 Å². The van der Waals surface area contributed by atoms with E-state index in [0.29, 0.717) is 11.1 Å². The van der Waals surface area contributed by atoms with E-state index in [4.69, 9.17) is 0 Å². The fourth-order valence-electron chi connectivity index (χ4n) is 7.39. The second-order valence-corrected chi connectivity index (χ2v) is 11.9. The van der Waals surface area contributed by atoms with Crippen molar-refractivity contribution < 1.29 is 0 Å². The van der Waals surface area contributed by atoms with E-state index in [2.05, 4.69) is 137 Å². The van der Waals surface area contributed by atoms with Crippen molar-refractivity contribution in [3.63, 3.8) is 0 Å². The summed E-state index contributed by atoms with van der Waals surface area (Å²) in [5.41, 5.74) is 11.2. The Hall–Kier alpha value is -6.88. The second kappa shape index (κ2) is 10.9. The Labute approximate surface area is 277 Å². The summed E-state index contributed by atoms with van der Waals surface area (Å²) in [6, 6.07) is 59.0. The molecule has 9 aromatic rings. The summed E-state index contributed by atoms with van der Waals surface area (Å²) >= 11 is 0. The van der Waals surface area contributed by atoms with Crippen molar-refractivity contribution in [2.45, 2.75) is 0 Å². The molecule has 0 aliphatic heterocycles. The first-order valence-corrected chi connectivity index (χ1v) is 15.9. The molecule has 4 heteroatoms. The lowest BCUT2D eigenvalue weighted by atomic mass is 9.92. The van der Waals surface area contributed by atoms with Crippen LogP contribution >= 0.6 is 0 Å². The van der Waals surface area contributed by atoms with Gasteiger partial charge in [0.1, 0.15) is 12.1 Å². The number of rotatable bonds is 4. The van der Waals surface area contributed by atoms with Crippen molar-refractivity contribution in [2.75, 3.05) is 0 Å². The van der Waals surface area contributed by atoms with Gasteiger partial charge in [0.2, 0.25) is 0 Å². The lowest BCUT2D eigenvalue weighted by Gasteiger charge is -2.18. The third-order valence-electron chi connectivity index (χ3n) is 9.43. The lowest BCUT2D eigenvalue weighted by molar-refractivity contribution is 1.16. The van der Waals surface area contributed by atoms with Crippen LogP contribution < -0.4 is 0 Å². The number of hydrogen-bond donors (Lipinski definition) is 0. The minimum atomic E-state index is 0.539. The number of nitriles is 2. The van der Waals surface area contributed by atoms with E-state index in [-0.39, 0.29) is 0 Å². The van der Waals surface area contributed by atoms with Crippen molar-refractivity contribution in [3.8, 4) is 45.8 Å². The van der Waals surface area contributed by atoms with E-state index in [1.807, 2.05) is 42.5 Å². The number of benzene rings is 7. The molecule has 7 aromatic carbocycles. The van der Waals surface area contributed by atoms with Crippen molar-refractivity contribution in [1.29, 1.82) is 10.5 Å². The van der Waals surface area contributed by atoms with Gasteiger partial charge in [-0.2, -0.15) is 10.5 Å². The van der Waals surface area contributed by atoms with Gasteiger partial charge in [0, 0.05) is 27.1 Å². The largest absolute Gasteiger partial charge is 0.309 e. The first-order chi connectivity index (χ1) is 23.8. The molecule has 0 N–H and O–H groups in total. The second-order valence-electron chi connectivity index (χ2n) is 11.9. The van der Waals surface area contributed by atoms with Crippen molar-refractivity contribution >= 4 is 43.6 Å². The molecule has 0 radical (unpaired) electrons. The van der Waals surface area contributed by atoms with E-state index in [9.17, 15) is 10.5 Å². The SMILES string of the molecule is N#Cc1ccc(-c2ccccc2-c2ccccc2-n2c3ccccc3c3ccccc32)cc1-n1c2ccccc2c2cccc(C#N)c21. The Morgan fingerprint density at radius 1 is 0.375 bits per heavy atom. The quantitative estimate of drug-likeness (QED) is 0.199. The van der Waals surface area contributed by atoms with Crippen LogP contribution in [-0.4, -0.2) is 9.13 Å². The molecule has 0 aliphatic rings. The first-order valence-electron chi connectivity index (χ1n) is 15.9. The summed E-state index contributed by atoms with van der Waals surface area (Å²) in [5.74, 6) is 0. The molecule has 0 atom stereocenters. The summed E-state index contributed by atoms with van der Waals surface area (Å²) < 4.78 is 4.45. The van der Waals surface area contributed by atoms with Gasteiger partial charge in [-0.1, -0.05) is 115 Å². The zero-order valence-electron chi connectivity index (χ0n) is 25.8. The Kier molecular flexibility index (Phi) is 6.22. The van der Waals surface area contributed by atoms with Gasteiger partial charge in [0.05, 0.1) is 44.6 Å². The van der Waals surface area contributed by atoms with Gasteiger partial charge in [0.15, 0.2) is 0 Å². The predicted molar refractivity (Wildman–Crippen MR) is 195 cm³/mol. The molecule has 2 aromatic heterocycles. The Bertz CT molecular complexity index is 2760. The average molecular weight is 611 g/mol. The molecule has 2 heterocycles. The minimum absolute atomic E-state index is 0.539. The Morgan fingerprint density at radius 2 is 0.896 bits per heavy atom. The number of aromatic nitrogens is 2. The summed E-state index contributed by atoms with van der Waals surface area (Å²) in [5, 5.41) is 25.0. The lowest BCUT2D eigenvalue weighted by Crippen LogP contribution is -2.00. The average Bonchev–Trinajstić information content (AvgIpc) is 3.68. The molecular weight excluding hydrogens is 585 g/mol. The Balaban J connectivity index is 1.30. The summed E-state index contributed by atoms with van der Waals surface area (Å²) in [6.45, 7) is 0. The van der Waals surface area contributed by atoms with Gasteiger partial charge in [0.25, 0.3) is 0 Å². The number of para-hydroxylation sites is 5. The van der Waals surface area contributed by atoms with E-state index < -0.39 is 0 Å². The van der Waals surface area contributed by atoms with E-state index in [0.717, 1.165) is 66.5 Å². The van der Waals surface area contributed by atoms with Crippen LogP contribution in [0.5, 0.6) is 0 Å². The highest BCUT2D eigenvalue weighted by Gasteiger charge is 2.20. The van der Waals surface area contributed by atoms with Crippen LogP contribution in [0, 0.1) is 22.7 Å². The molecule has 9 rings (SSSR count). The molecule has 4 nitrogen and oxygen atoms in total. The molecule has 0 bridgehead atoms. The number of hydrogen-bond acceptors (Lipinski definition) is 2. The maximum atomic E-state index is 10.4. The van der Waals surface area contributed by atoms with Crippen LogP contribution in [0.25, 0.3) is 77.2 Å². The highest BCUT2D eigenvalue weighted by molar-refractivity contribution is 6.12. The number of nitrogens with zero attached hydrogens (tertiary/aromatic N) is 4. The van der Waals surface area contributed by atoms with Crippen molar-refractivity contribution in [2.24, 2.45) is 0 Å². The zero-order valence-corrected chi connectivity index (χ0v) is 25.8. The normalized spacial score (nSPS) is 11.3. The van der Waals surface area contributed by atoms with E-state index >= 15 is 0 Å². The predicted octanol–water partition coefficient (Wildman–Crippen LogP) is 11.0. The molecule has 0 saturated heterocycles. The maximum absolute atomic E-state index is 10.4. The minimum Gasteiger partial charge on any atom is -0.309 e. The third kappa shape index (κ3) is 4.01. The van der Waals surface area contributed by atoms with Gasteiger partial charge >= 0.3 is 0 Å². The first kappa shape index (κ1) is 27.4. The van der Waals surface area contributed by atoms with Gasteiger partial charge in [-0.3, -0.25) is 0 Å². The highest BCUT2D eigenvalue weighted by atomic mass is 15.0. The molecular formula is C44H26N4. The fraction of sp³-hybridized carbons (Fsp3) is 0. The van der Waals surface area contributed by atoms with Crippen molar-refractivity contribution in [3.05, 3.63) is 169 Å². The van der Waals surface area contributed by atoms with Gasteiger partial charge in [-0.15, -0.1) is 0 Å². The highest BCUT2D eigenvalue weighted by Crippen LogP contribution is 2.41. The molecule has 0 aliphatic carbocycles. The van der Waals surface area contributed by atoms with Crippen LogP contribution in [0.1, 0.15) is 11.1 Å². The molecule has 0 fully saturated rings. The smallest absolute Gasteiger partial charge is 0.101 e. The third-order valence-corrected chi connectivity index (χ3v) is 9.43. The number of fused-ring (bicyclic) bond motifs is 6. The molecule has 0 spiro atoms. The summed E-state index contributed by atoms with van der Waals surface area (Å²) in [4.78, 5) is 0. The molecule has 0 saturated carbocycles. The molecule has 222 valence electrons. The van der Waals surface area contributed by atoms with Gasteiger partial charge < -0.3 is 9.13 Å².